The second kappa shape index (κ2) is 6.43. The minimum atomic E-state index is -0.0583. The van der Waals surface area contributed by atoms with Crippen LogP contribution in [0.3, 0.4) is 0 Å². The van der Waals surface area contributed by atoms with E-state index in [-0.39, 0.29) is 11.2 Å². The second-order valence-corrected chi connectivity index (χ2v) is 8.07. The van der Waals surface area contributed by atoms with Crippen molar-refractivity contribution in [1.82, 2.24) is 0 Å². The number of halogens is 1. The van der Waals surface area contributed by atoms with Crippen molar-refractivity contribution in [3.63, 3.8) is 0 Å². The topological polar surface area (TPSA) is 52.9 Å². The fourth-order valence-electron chi connectivity index (χ4n) is 2.98. The van der Waals surface area contributed by atoms with Gasteiger partial charge >= 0.3 is 0 Å². The van der Waals surface area contributed by atoms with E-state index in [9.17, 15) is 10.1 Å². The Kier molecular flexibility index (Phi) is 4.49. The van der Waals surface area contributed by atoms with Crippen LogP contribution in [0.15, 0.2) is 41.4 Å². The lowest BCUT2D eigenvalue weighted by atomic mass is 9.79. The van der Waals surface area contributed by atoms with Crippen LogP contribution in [0.4, 0.5) is 5.00 Å². The Morgan fingerprint density at radius 2 is 1.96 bits per heavy atom. The predicted molar refractivity (Wildman–Crippen MR) is 99.2 cm³/mol. The van der Waals surface area contributed by atoms with Crippen molar-refractivity contribution in [3.05, 3.63) is 52.0 Å². The molecule has 0 saturated carbocycles. The molecule has 3 nitrogen and oxygen atoms in total. The lowest BCUT2D eigenvalue weighted by Gasteiger charge is -2.29. The molecule has 0 aliphatic heterocycles. The zero-order valence-electron chi connectivity index (χ0n) is 13.5. The lowest BCUT2D eigenvalue weighted by Crippen LogP contribution is -2.24. The van der Waals surface area contributed by atoms with Crippen LogP contribution in [-0.2, 0) is 4.79 Å². The first-order chi connectivity index (χ1) is 11.4. The zero-order valence-corrected chi connectivity index (χ0v) is 15.1. The molecule has 122 valence electrons. The van der Waals surface area contributed by atoms with Crippen molar-refractivity contribution in [3.8, 4) is 17.2 Å². The number of hydrogen-bond acceptors (Lipinski definition) is 4. The smallest absolute Gasteiger partial charge is 0.157 e. The van der Waals surface area contributed by atoms with Gasteiger partial charge in [0, 0.05) is 34.2 Å². The van der Waals surface area contributed by atoms with Gasteiger partial charge in [0.25, 0.3) is 0 Å². The van der Waals surface area contributed by atoms with Crippen LogP contribution in [0.5, 0.6) is 0 Å². The van der Waals surface area contributed by atoms with Crippen molar-refractivity contribution < 1.29 is 4.79 Å². The van der Waals surface area contributed by atoms with Crippen molar-refractivity contribution in [2.45, 2.75) is 26.7 Å². The van der Waals surface area contributed by atoms with E-state index in [1.807, 2.05) is 29.6 Å². The summed E-state index contributed by atoms with van der Waals surface area (Å²) >= 11 is 7.41. The van der Waals surface area contributed by atoms with E-state index in [0.29, 0.717) is 17.0 Å². The van der Waals surface area contributed by atoms with Crippen LogP contribution in [0.2, 0.25) is 5.02 Å². The summed E-state index contributed by atoms with van der Waals surface area (Å²) in [5.74, 6) is 0.127. The molecule has 1 aliphatic carbocycles. The molecule has 0 amide bonds. The lowest BCUT2D eigenvalue weighted by molar-refractivity contribution is -0.117. The quantitative estimate of drug-likeness (QED) is 0.775. The number of allylic oxidation sites excluding steroid dienone is 2. The Morgan fingerprint density at radius 1 is 1.25 bits per heavy atom. The van der Waals surface area contributed by atoms with E-state index in [1.165, 1.54) is 11.3 Å². The van der Waals surface area contributed by atoms with Gasteiger partial charge < -0.3 is 5.32 Å². The Labute approximate surface area is 150 Å². The number of thiophene rings is 1. The fraction of sp³-hybridized carbons (Fsp3) is 0.263. The second-order valence-electron chi connectivity index (χ2n) is 6.75. The standard InChI is InChI=1S/C19H17ClN2OS/c1-19(2)8-14(7-15(23)9-19)22-18-16(10-21)17(11-24-18)12-3-5-13(20)6-4-12/h3-7,11,22H,8-9H2,1-2H3. The largest absolute Gasteiger partial charge is 0.349 e. The summed E-state index contributed by atoms with van der Waals surface area (Å²) in [5.41, 5.74) is 3.24. The summed E-state index contributed by atoms with van der Waals surface area (Å²) in [4.78, 5) is 11.9. The number of carbonyl (C=O) groups is 1. The van der Waals surface area contributed by atoms with E-state index >= 15 is 0 Å². The molecule has 0 spiro atoms. The van der Waals surface area contributed by atoms with E-state index < -0.39 is 0 Å². The van der Waals surface area contributed by atoms with Gasteiger partial charge in [-0.15, -0.1) is 11.3 Å². The van der Waals surface area contributed by atoms with Gasteiger partial charge in [-0.3, -0.25) is 4.79 Å². The molecular formula is C19H17ClN2OS. The van der Waals surface area contributed by atoms with Gasteiger partial charge in [0.1, 0.15) is 11.1 Å². The van der Waals surface area contributed by atoms with Crippen LogP contribution >= 0.6 is 22.9 Å². The molecule has 0 unspecified atom stereocenters. The van der Waals surface area contributed by atoms with Gasteiger partial charge in [0.05, 0.1) is 5.56 Å². The molecule has 1 N–H and O–H groups in total. The van der Waals surface area contributed by atoms with Crippen molar-refractivity contribution >= 4 is 33.7 Å². The highest BCUT2D eigenvalue weighted by molar-refractivity contribution is 7.15. The van der Waals surface area contributed by atoms with E-state index in [2.05, 4.69) is 25.2 Å². The molecule has 3 rings (SSSR count). The summed E-state index contributed by atoms with van der Waals surface area (Å²) in [7, 11) is 0. The van der Waals surface area contributed by atoms with Crippen LogP contribution in [0.25, 0.3) is 11.1 Å². The molecule has 0 radical (unpaired) electrons. The average Bonchev–Trinajstić information content (AvgIpc) is 2.88. The number of carbonyl (C=O) groups excluding carboxylic acids is 1. The minimum Gasteiger partial charge on any atom is -0.349 e. The third kappa shape index (κ3) is 3.53. The first-order valence-corrected chi connectivity index (χ1v) is 8.92. The third-order valence-corrected chi connectivity index (χ3v) is 5.14. The van der Waals surface area contributed by atoms with Gasteiger partial charge in [0.15, 0.2) is 5.78 Å². The molecule has 0 fully saturated rings. The molecule has 1 aromatic carbocycles. The maximum atomic E-state index is 11.9. The number of ketones is 1. The first-order valence-electron chi connectivity index (χ1n) is 7.66. The summed E-state index contributed by atoms with van der Waals surface area (Å²) in [6.07, 6.45) is 3.01. The van der Waals surface area contributed by atoms with Crippen LogP contribution < -0.4 is 5.32 Å². The van der Waals surface area contributed by atoms with Gasteiger partial charge in [-0.05, 0) is 29.5 Å². The van der Waals surface area contributed by atoms with Crippen molar-refractivity contribution in [1.29, 1.82) is 5.26 Å². The third-order valence-electron chi connectivity index (χ3n) is 3.99. The molecule has 2 aromatic rings. The molecule has 0 atom stereocenters. The molecule has 1 heterocycles. The molecule has 24 heavy (non-hydrogen) atoms. The molecular weight excluding hydrogens is 340 g/mol. The minimum absolute atomic E-state index is 0.0583. The monoisotopic (exact) mass is 356 g/mol. The Hall–Kier alpha value is -2.09. The van der Waals surface area contributed by atoms with Crippen molar-refractivity contribution in [2.75, 3.05) is 5.32 Å². The number of hydrogen-bond donors (Lipinski definition) is 1. The van der Waals surface area contributed by atoms with Gasteiger partial charge in [-0.2, -0.15) is 5.26 Å². The number of nitriles is 1. The Balaban J connectivity index is 1.92. The Bertz CT molecular complexity index is 856. The van der Waals surface area contributed by atoms with Crippen LogP contribution in [0, 0.1) is 16.7 Å². The number of nitrogens with zero attached hydrogens (tertiary/aromatic N) is 1. The van der Waals surface area contributed by atoms with E-state index in [1.54, 1.807) is 6.08 Å². The highest BCUT2D eigenvalue weighted by atomic mass is 35.5. The average molecular weight is 357 g/mol. The molecule has 0 bridgehead atoms. The molecule has 1 aromatic heterocycles. The van der Waals surface area contributed by atoms with Crippen LogP contribution in [0.1, 0.15) is 32.3 Å². The highest BCUT2D eigenvalue weighted by Gasteiger charge is 2.28. The summed E-state index contributed by atoms with van der Waals surface area (Å²) in [5, 5.41) is 16.3. The van der Waals surface area contributed by atoms with E-state index in [4.69, 9.17) is 11.6 Å². The van der Waals surface area contributed by atoms with E-state index in [0.717, 1.165) is 28.2 Å². The maximum Gasteiger partial charge on any atom is 0.157 e. The van der Waals surface area contributed by atoms with Crippen LogP contribution in [-0.4, -0.2) is 5.78 Å². The number of rotatable bonds is 3. The summed E-state index contributed by atoms with van der Waals surface area (Å²) in [6, 6.07) is 9.72. The highest BCUT2D eigenvalue weighted by Crippen LogP contribution is 2.39. The normalized spacial score (nSPS) is 16.4. The zero-order chi connectivity index (χ0) is 17.3. The molecule has 0 saturated heterocycles. The predicted octanol–water partition coefficient (Wildman–Crippen LogP) is 5.63. The van der Waals surface area contributed by atoms with Crippen molar-refractivity contribution in [2.24, 2.45) is 5.41 Å². The number of anilines is 1. The maximum absolute atomic E-state index is 11.9. The number of benzene rings is 1. The van der Waals surface area contributed by atoms with Gasteiger partial charge in [-0.25, -0.2) is 0 Å². The summed E-state index contributed by atoms with van der Waals surface area (Å²) in [6.45, 7) is 4.16. The Morgan fingerprint density at radius 3 is 2.58 bits per heavy atom. The SMILES string of the molecule is CC1(C)CC(=O)C=C(Nc2scc(-c3ccc(Cl)cc3)c2C#N)C1. The van der Waals surface area contributed by atoms with Gasteiger partial charge in [0.2, 0.25) is 0 Å². The first kappa shape index (κ1) is 16.8. The van der Waals surface area contributed by atoms with Gasteiger partial charge in [-0.1, -0.05) is 37.6 Å². The molecule has 1 aliphatic rings. The summed E-state index contributed by atoms with van der Waals surface area (Å²) < 4.78 is 0. The molecule has 5 heteroatoms. The number of nitrogens with one attached hydrogen (secondary N) is 1. The fourth-order valence-corrected chi connectivity index (χ4v) is 4.05.